The number of benzene rings is 1. The second kappa shape index (κ2) is 7.93. The van der Waals surface area contributed by atoms with Crippen LogP contribution in [0.5, 0.6) is 16.7 Å². The Hall–Kier alpha value is -3.65. The number of nitrogens with zero attached hydrogens (tertiary/aromatic N) is 3. The molecule has 0 aliphatic carbocycles. The average molecular weight is 391 g/mol. The fourth-order valence-corrected chi connectivity index (χ4v) is 3.29. The number of pyridine rings is 2. The van der Waals surface area contributed by atoms with Crippen LogP contribution in [0, 0.1) is 0 Å². The number of ether oxygens (including phenoxy) is 2. The summed E-state index contributed by atoms with van der Waals surface area (Å²) in [5.41, 5.74) is 8.39. The first-order valence-corrected chi connectivity index (χ1v) is 9.25. The first kappa shape index (κ1) is 17.7. The first-order valence-electron chi connectivity index (χ1n) is 8.44. The summed E-state index contributed by atoms with van der Waals surface area (Å²) in [4.78, 5) is 12.8. The molecule has 0 amide bonds. The number of anilines is 3. The van der Waals surface area contributed by atoms with Crippen molar-refractivity contribution in [3.63, 3.8) is 0 Å². The molecule has 4 rings (SSSR count). The quantitative estimate of drug-likeness (QED) is 0.491. The third-order valence-electron chi connectivity index (χ3n) is 3.82. The minimum Gasteiger partial charge on any atom is -0.481 e. The van der Waals surface area contributed by atoms with Crippen LogP contribution in [0.4, 0.5) is 16.6 Å². The highest BCUT2D eigenvalue weighted by molar-refractivity contribution is 7.17. The van der Waals surface area contributed by atoms with Gasteiger partial charge < -0.3 is 20.5 Å². The lowest BCUT2D eigenvalue weighted by Gasteiger charge is -2.09. The number of rotatable bonds is 6. The van der Waals surface area contributed by atoms with Crippen molar-refractivity contribution in [2.45, 2.75) is 0 Å². The van der Waals surface area contributed by atoms with Crippen molar-refractivity contribution in [3.8, 4) is 28.0 Å². The molecular formula is C20H17N5O2S. The van der Waals surface area contributed by atoms with E-state index >= 15 is 0 Å². The minimum atomic E-state index is 0.449. The predicted octanol–water partition coefficient (Wildman–Crippen LogP) is 4.73. The molecular weight excluding hydrogens is 374 g/mol. The highest BCUT2D eigenvalue weighted by atomic mass is 32.1. The summed E-state index contributed by atoms with van der Waals surface area (Å²) in [6.45, 7) is 0. The molecule has 0 radical (unpaired) electrons. The van der Waals surface area contributed by atoms with Crippen molar-refractivity contribution >= 4 is 28.0 Å². The van der Waals surface area contributed by atoms with E-state index in [-0.39, 0.29) is 0 Å². The number of nitrogens with one attached hydrogen (secondary N) is 1. The predicted molar refractivity (Wildman–Crippen MR) is 110 cm³/mol. The molecule has 0 fully saturated rings. The van der Waals surface area contributed by atoms with Crippen LogP contribution in [0.15, 0.2) is 67.0 Å². The molecule has 3 heterocycles. The molecule has 8 heteroatoms. The van der Waals surface area contributed by atoms with Crippen LogP contribution in [0.2, 0.25) is 0 Å². The third kappa shape index (κ3) is 4.02. The number of nitrogen functional groups attached to an aromatic ring is 1. The van der Waals surface area contributed by atoms with Crippen LogP contribution in [0.25, 0.3) is 11.3 Å². The molecule has 0 spiro atoms. The van der Waals surface area contributed by atoms with Gasteiger partial charge in [-0.2, -0.15) is 0 Å². The summed E-state index contributed by atoms with van der Waals surface area (Å²) in [7, 11) is 1.57. The highest BCUT2D eigenvalue weighted by Crippen LogP contribution is 2.39. The van der Waals surface area contributed by atoms with Crippen molar-refractivity contribution in [2.75, 3.05) is 18.2 Å². The Morgan fingerprint density at radius 3 is 2.64 bits per heavy atom. The zero-order chi connectivity index (χ0) is 19.3. The fraction of sp³-hybridized carbons (Fsp3) is 0.0500. The Bertz CT molecular complexity index is 1080. The van der Waals surface area contributed by atoms with Gasteiger partial charge in [-0.15, -0.1) is 0 Å². The second-order valence-corrected chi connectivity index (χ2v) is 6.74. The molecule has 3 aromatic heterocycles. The lowest BCUT2D eigenvalue weighted by Crippen LogP contribution is -1.95. The number of hydrogen-bond acceptors (Lipinski definition) is 8. The normalized spacial score (nSPS) is 10.5. The van der Waals surface area contributed by atoms with Crippen LogP contribution in [-0.4, -0.2) is 22.1 Å². The summed E-state index contributed by atoms with van der Waals surface area (Å²) in [6.07, 6.45) is 3.33. The van der Waals surface area contributed by atoms with Gasteiger partial charge in [0.2, 0.25) is 10.9 Å². The molecule has 3 N–H and O–H groups in total. The molecule has 4 aromatic rings. The molecule has 28 heavy (non-hydrogen) atoms. The monoisotopic (exact) mass is 391 g/mol. The van der Waals surface area contributed by atoms with Gasteiger partial charge in [0.15, 0.2) is 5.13 Å². The minimum absolute atomic E-state index is 0.449. The summed E-state index contributed by atoms with van der Waals surface area (Å²) < 4.78 is 11.2. The van der Waals surface area contributed by atoms with Gasteiger partial charge >= 0.3 is 0 Å². The third-order valence-corrected chi connectivity index (χ3v) is 4.58. The Balaban J connectivity index is 1.58. The van der Waals surface area contributed by atoms with E-state index in [2.05, 4.69) is 20.3 Å². The number of hydrogen-bond donors (Lipinski definition) is 2. The van der Waals surface area contributed by atoms with Gasteiger partial charge in [-0.1, -0.05) is 41.7 Å². The van der Waals surface area contributed by atoms with Crippen LogP contribution in [0.3, 0.4) is 0 Å². The van der Waals surface area contributed by atoms with Gasteiger partial charge in [0.05, 0.1) is 7.11 Å². The van der Waals surface area contributed by atoms with Crippen LogP contribution in [0.1, 0.15) is 0 Å². The van der Waals surface area contributed by atoms with E-state index in [4.69, 9.17) is 15.2 Å². The van der Waals surface area contributed by atoms with Crippen molar-refractivity contribution in [1.29, 1.82) is 0 Å². The average Bonchev–Trinajstić information content (AvgIpc) is 3.09. The van der Waals surface area contributed by atoms with E-state index < -0.39 is 0 Å². The molecule has 0 saturated carbocycles. The van der Waals surface area contributed by atoms with Crippen LogP contribution in [-0.2, 0) is 0 Å². The maximum Gasteiger partial charge on any atom is 0.214 e. The summed E-state index contributed by atoms with van der Waals surface area (Å²) in [5.74, 6) is 1.77. The Labute approximate surface area is 165 Å². The lowest BCUT2D eigenvalue weighted by molar-refractivity contribution is 0.398. The molecule has 7 nitrogen and oxygen atoms in total. The van der Waals surface area contributed by atoms with Crippen molar-refractivity contribution < 1.29 is 9.47 Å². The standard InChI is InChI=1S/C20H17N5O2S/c1-26-17-11-14(7-9-23-17)24-16-12-15(8-10-22-16)27-19-18(25-20(21)28-19)13-5-3-2-4-6-13/h2-12H,1H3,(H2,21,25)(H,22,23,24). The number of methoxy groups -OCH3 is 1. The van der Waals surface area contributed by atoms with Crippen molar-refractivity contribution in [2.24, 2.45) is 0 Å². The largest absolute Gasteiger partial charge is 0.481 e. The smallest absolute Gasteiger partial charge is 0.214 e. The summed E-state index contributed by atoms with van der Waals surface area (Å²) in [5, 5.41) is 4.29. The molecule has 0 bridgehead atoms. The number of thiazole rings is 1. The SMILES string of the molecule is COc1cc(Nc2cc(Oc3sc(N)nc3-c3ccccc3)ccn2)ccn1. The second-order valence-electron chi connectivity index (χ2n) is 5.74. The maximum atomic E-state index is 6.07. The van der Waals surface area contributed by atoms with Gasteiger partial charge in [-0.05, 0) is 12.1 Å². The van der Waals surface area contributed by atoms with Crippen LogP contribution >= 0.6 is 11.3 Å². The molecule has 0 unspecified atom stereocenters. The Kier molecular flexibility index (Phi) is 5.03. The van der Waals surface area contributed by atoms with Crippen LogP contribution < -0.4 is 20.5 Å². The van der Waals surface area contributed by atoms with Gasteiger partial charge in [0, 0.05) is 35.8 Å². The molecule has 1 aromatic carbocycles. The van der Waals surface area contributed by atoms with E-state index in [9.17, 15) is 0 Å². The molecule has 0 saturated heterocycles. The molecule has 140 valence electrons. The highest BCUT2D eigenvalue weighted by Gasteiger charge is 2.14. The zero-order valence-electron chi connectivity index (χ0n) is 15.0. The maximum absolute atomic E-state index is 6.07. The van der Waals surface area contributed by atoms with E-state index in [0.29, 0.717) is 33.3 Å². The van der Waals surface area contributed by atoms with Crippen molar-refractivity contribution in [3.05, 3.63) is 67.0 Å². The van der Waals surface area contributed by atoms with E-state index in [1.54, 1.807) is 37.7 Å². The van der Waals surface area contributed by atoms with E-state index in [1.807, 2.05) is 36.4 Å². The zero-order valence-corrected chi connectivity index (χ0v) is 15.8. The topological polar surface area (TPSA) is 95.2 Å². The van der Waals surface area contributed by atoms with E-state index in [0.717, 1.165) is 11.3 Å². The van der Waals surface area contributed by atoms with Crippen molar-refractivity contribution in [1.82, 2.24) is 15.0 Å². The number of nitrogens with two attached hydrogens (primary N) is 1. The Morgan fingerprint density at radius 2 is 1.82 bits per heavy atom. The van der Waals surface area contributed by atoms with Gasteiger partial charge in [0.25, 0.3) is 0 Å². The first-order chi connectivity index (χ1) is 13.7. The number of aromatic nitrogens is 3. The Morgan fingerprint density at radius 1 is 1.00 bits per heavy atom. The fourth-order valence-electron chi connectivity index (χ4n) is 2.57. The van der Waals surface area contributed by atoms with Gasteiger partial charge in [0.1, 0.15) is 17.3 Å². The lowest BCUT2D eigenvalue weighted by atomic mass is 10.2. The molecule has 0 aliphatic rings. The molecule has 0 aliphatic heterocycles. The summed E-state index contributed by atoms with van der Waals surface area (Å²) in [6, 6.07) is 17.0. The van der Waals surface area contributed by atoms with Gasteiger partial charge in [-0.3, -0.25) is 0 Å². The van der Waals surface area contributed by atoms with Gasteiger partial charge in [-0.25, -0.2) is 15.0 Å². The van der Waals surface area contributed by atoms with E-state index in [1.165, 1.54) is 11.3 Å². The summed E-state index contributed by atoms with van der Waals surface area (Å²) >= 11 is 1.30. The molecule has 0 atom stereocenters.